The summed E-state index contributed by atoms with van der Waals surface area (Å²) in [6.45, 7) is 8.68. The molecule has 2 heteroatoms. The fraction of sp³-hybridized carbons (Fsp3) is 0.467. The molecule has 0 aliphatic carbocycles. The molecule has 92 valence electrons. The Hall–Kier alpha value is -1.28. The van der Waals surface area contributed by atoms with Crippen molar-refractivity contribution in [2.24, 2.45) is 0 Å². The zero-order chi connectivity index (χ0) is 12.3. The molecule has 0 saturated carbocycles. The Kier molecular flexibility index (Phi) is 3.85. The van der Waals surface area contributed by atoms with Crippen LogP contribution in [0.1, 0.15) is 30.0 Å². The maximum Gasteiger partial charge on any atom is 0.0489 e. The second-order valence-corrected chi connectivity index (χ2v) is 4.72. The summed E-state index contributed by atoms with van der Waals surface area (Å²) in [7, 11) is 0. The van der Waals surface area contributed by atoms with Crippen molar-refractivity contribution in [2.45, 2.75) is 33.6 Å². The monoisotopic (exact) mass is 230 g/mol. The third kappa shape index (κ3) is 2.52. The van der Waals surface area contributed by atoms with E-state index in [0.29, 0.717) is 0 Å². The minimum Gasteiger partial charge on any atom is -0.361 e. The Labute approximate surface area is 103 Å². The van der Waals surface area contributed by atoms with E-state index in [1.165, 1.54) is 34.0 Å². The van der Waals surface area contributed by atoms with Crippen molar-refractivity contribution in [1.82, 2.24) is 10.3 Å². The first-order chi connectivity index (χ1) is 8.24. The average Bonchev–Trinajstić information content (AvgIpc) is 2.75. The van der Waals surface area contributed by atoms with Gasteiger partial charge in [-0.15, -0.1) is 0 Å². The number of aromatic nitrogens is 1. The largest absolute Gasteiger partial charge is 0.361 e. The maximum atomic E-state index is 3.42. The van der Waals surface area contributed by atoms with Crippen LogP contribution in [0.15, 0.2) is 18.3 Å². The van der Waals surface area contributed by atoms with Crippen molar-refractivity contribution < 1.29 is 0 Å². The fourth-order valence-corrected chi connectivity index (χ4v) is 2.42. The third-order valence-electron chi connectivity index (χ3n) is 3.38. The molecule has 2 aromatic rings. The highest BCUT2D eigenvalue weighted by molar-refractivity contribution is 5.88. The number of fused-ring (bicyclic) bond motifs is 1. The number of benzene rings is 1. The van der Waals surface area contributed by atoms with E-state index in [0.717, 1.165) is 19.5 Å². The molecule has 2 N–H and O–H groups in total. The van der Waals surface area contributed by atoms with Crippen molar-refractivity contribution in [3.05, 3.63) is 35.0 Å². The standard InChI is InChI=1S/C15H22N2/c1-4-16-9-5-6-13-10-17-15-12(3)8-7-11(2)14(13)15/h7-8,10,16-17H,4-6,9H2,1-3H3. The first-order valence-corrected chi connectivity index (χ1v) is 6.51. The average molecular weight is 230 g/mol. The number of rotatable bonds is 5. The van der Waals surface area contributed by atoms with Crippen LogP contribution in [0.5, 0.6) is 0 Å². The topological polar surface area (TPSA) is 27.8 Å². The Morgan fingerprint density at radius 3 is 2.71 bits per heavy atom. The van der Waals surface area contributed by atoms with Crippen LogP contribution in [-0.4, -0.2) is 18.1 Å². The molecule has 0 atom stereocenters. The maximum absolute atomic E-state index is 3.42. The summed E-state index contributed by atoms with van der Waals surface area (Å²) < 4.78 is 0. The molecule has 0 fully saturated rings. The van der Waals surface area contributed by atoms with Gasteiger partial charge >= 0.3 is 0 Å². The zero-order valence-electron chi connectivity index (χ0n) is 11.1. The van der Waals surface area contributed by atoms with Gasteiger partial charge in [0.25, 0.3) is 0 Å². The molecule has 0 spiro atoms. The lowest BCUT2D eigenvalue weighted by Gasteiger charge is -2.04. The lowest BCUT2D eigenvalue weighted by atomic mass is 10.0. The molecular weight excluding hydrogens is 208 g/mol. The van der Waals surface area contributed by atoms with Gasteiger partial charge in [-0.05, 0) is 56.5 Å². The molecule has 17 heavy (non-hydrogen) atoms. The highest BCUT2D eigenvalue weighted by Crippen LogP contribution is 2.25. The van der Waals surface area contributed by atoms with Gasteiger partial charge in [0.05, 0.1) is 0 Å². The van der Waals surface area contributed by atoms with Gasteiger partial charge in [-0.2, -0.15) is 0 Å². The van der Waals surface area contributed by atoms with Crippen molar-refractivity contribution in [1.29, 1.82) is 0 Å². The van der Waals surface area contributed by atoms with Crippen LogP contribution in [0, 0.1) is 13.8 Å². The second-order valence-electron chi connectivity index (χ2n) is 4.72. The predicted octanol–water partition coefficient (Wildman–Crippen LogP) is 3.33. The van der Waals surface area contributed by atoms with Crippen LogP contribution >= 0.6 is 0 Å². The van der Waals surface area contributed by atoms with Gasteiger partial charge in [-0.25, -0.2) is 0 Å². The molecule has 2 nitrogen and oxygen atoms in total. The Morgan fingerprint density at radius 1 is 1.18 bits per heavy atom. The molecular formula is C15H22N2. The molecule has 1 heterocycles. The normalized spacial score (nSPS) is 11.2. The molecule has 2 rings (SSSR count). The summed E-state index contributed by atoms with van der Waals surface area (Å²) in [6, 6.07) is 4.41. The summed E-state index contributed by atoms with van der Waals surface area (Å²) in [5.74, 6) is 0. The minimum absolute atomic E-state index is 1.06. The summed E-state index contributed by atoms with van der Waals surface area (Å²) in [5.41, 5.74) is 5.48. The molecule has 0 radical (unpaired) electrons. The Morgan fingerprint density at radius 2 is 1.94 bits per heavy atom. The minimum atomic E-state index is 1.06. The van der Waals surface area contributed by atoms with Crippen LogP contribution in [-0.2, 0) is 6.42 Å². The van der Waals surface area contributed by atoms with E-state index in [4.69, 9.17) is 0 Å². The van der Waals surface area contributed by atoms with Gasteiger partial charge in [0, 0.05) is 17.1 Å². The number of nitrogens with one attached hydrogen (secondary N) is 2. The predicted molar refractivity (Wildman–Crippen MR) is 74.6 cm³/mol. The van der Waals surface area contributed by atoms with Crippen molar-refractivity contribution in [3.8, 4) is 0 Å². The molecule has 0 amide bonds. The van der Waals surface area contributed by atoms with Gasteiger partial charge in [0.2, 0.25) is 0 Å². The SMILES string of the molecule is CCNCCCc1c[nH]c2c(C)ccc(C)c12. The van der Waals surface area contributed by atoms with Gasteiger partial charge in [-0.3, -0.25) is 0 Å². The number of hydrogen-bond acceptors (Lipinski definition) is 1. The first kappa shape index (κ1) is 12.2. The van der Waals surface area contributed by atoms with E-state index in [1.807, 2.05) is 0 Å². The smallest absolute Gasteiger partial charge is 0.0489 e. The molecule has 0 aliphatic heterocycles. The Bertz CT molecular complexity index is 497. The second kappa shape index (κ2) is 5.37. The third-order valence-corrected chi connectivity index (χ3v) is 3.38. The Balaban J connectivity index is 2.20. The molecule has 1 aromatic carbocycles. The van der Waals surface area contributed by atoms with Crippen LogP contribution in [0.3, 0.4) is 0 Å². The van der Waals surface area contributed by atoms with Crippen LogP contribution < -0.4 is 5.32 Å². The van der Waals surface area contributed by atoms with Gasteiger partial charge < -0.3 is 10.3 Å². The van der Waals surface area contributed by atoms with Gasteiger partial charge in [-0.1, -0.05) is 19.1 Å². The lowest BCUT2D eigenvalue weighted by Crippen LogP contribution is -2.14. The fourth-order valence-electron chi connectivity index (χ4n) is 2.42. The molecule has 0 unspecified atom stereocenters. The lowest BCUT2D eigenvalue weighted by molar-refractivity contribution is 0.674. The number of aromatic amines is 1. The van der Waals surface area contributed by atoms with E-state index in [-0.39, 0.29) is 0 Å². The summed E-state index contributed by atoms with van der Waals surface area (Å²) in [4.78, 5) is 3.42. The van der Waals surface area contributed by atoms with Crippen molar-refractivity contribution in [2.75, 3.05) is 13.1 Å². The van der Waals surface area contributed by atoms with Crippen LogP contribution in [0.2, 0.25) is 0 Å². The van der Waals surface area contributed by atoms with Gasteiger partial charge in [0.15, 0.2) is 0 Å². The van der Waals surface area contributed by atoms with E-state index in [2.05, 4.69) is 49.4 Å². The molecule has 1 aromatic heterocycles. The van der Waals surface area contributed by atoms with E-state index < -0.39 is 0 Å². The molecule has 0 saturated heterocycles. The van der Waals surface area contributed by atoms with Gasteiger partial charge in [0.1, 0.15) is 0 Å². The zero-order valence-corrected chi connectivity index (χ0v) is 11.1. The quantitative estimate of drug-likeness (QED) is 0.758. The van der Waals surface area contributed by atoms with Crippen molar-refractivity contribution in [3.63, 3.8) is 0 Å². The number of aryl methyl sites for hydroxylation is 3. The highest BCUT2D eigenvalue weighted by atomic mass is 14.8. The van der Waals surface area contributed by atoms with E-state index in [9.17, 15) is 0 Å². The first-order valence-electron chi connectivity index (χ1n) is 6.51. The van der Waals surface area contributed by atoms with Crippen LogP contribution in [0.25, 0.3) is 10.9 Å². The summed E-state index contributed by atoms with van der Waals surface area (Å²) in [6.07, 6.45) is 4.53. The van der Waals surface area contributed by atoms with E-state index in [1.54, 1.807) is 0 Å². The molecule has 0 aliphatic rings. The number of hydrogen-bond donors (Lipinski definition) is 2. The number of H-pyrrole nitrogens is 1. The highest BCUT2D eigenvalue weighted by Gasteiger charge is 2.07. The molecule has 0 bridgehead atoms. The van der Waals surface area contributed by atoms with E-state index >= 15 is 0 Å². The van der Waals surface area contributed by atoms with Crippen LogP contribution in [0.4, 0.5) is 0 Å². The summed E-state index contributed by atoms with van der Waals surface area (Å²) in [5, 5.41) is 4.81. The summed E-state index contributed by atoms with van der Waals surface area (Å²) >= 11 is 0. The van der Waals surface area contributed by atoms with Crippen molar-refractivity contribution >= 4 is 10.9 Å².